The van der Waals surface area contributed by atoms with Gasteiger partial charge >= 0.3 is 0 Å². The summed E-state index contributed by atoms with van der Waals surface area (Å²) < 4.78 is 13.8. The summed E-state index contributed by atoms with van der Waals surface area (Å²) in [5.74, 6) is 0.946. The molecule has 8 heteroatoms. The lowest BCUT2D eigenvalue weighted by atomic mass is 9.84. The third kappa shape index (κ3) is 6.25. The average molecular weight is 458 g/mol. The fourth-order valence-electron chi connectivity index (χ4n) is 4.54. The highest BCUT2D eigenvalue weighted by Gasteiger charge is 2.24. The van der Waals surface area contributed by atoms with Crippen molar-refractivity contribution in [2.24, 2.45) is 10.9 Å². The van der Waals surface area contributed by atoms with Crippen LogP contribution in [0.5, 0.6) is 0 Å². The third-order valence-electron chi connectivity index (χ3n) is 6.33. The Morgan fingerprint density at radius 1 is 1.09 bits per heavy atom. The van der Waals surface area contributed by atoms with Gasteiger partial charge in [0.05, 0.1) is 11.1 Å². The lowest BCUT2D eigenvalue weighted by Crippen LogP contribution is -2.46. The van der Waals surface area contributed by atoms with Gasteiger partial charge in [0.15, 0.2) is 5.96 Å². The molecule has 170 valence electrons. The number of aromatic nitrogens is 2. The number of guanidine groups is 1. The highest BCUT2D eigenvalue weighted by molar-refractivity contribution is 6.30. The smallest absolute Gasteiger partial charge is 0.258 e. The average Bonchev–Trinajstić information content (AvgIpc) is 3.30. The number of nitrogens with one attached hydrogen (secondary N) is 2. The topological polar surface area (TPSA) is 79.3 Å². The summed E-state index contributed by atoms with van der Waals surface area (Å²) in [6.07, 6.45) is 13.0. The Kier molecular flexibility index (Phi) is 7.68. The fourth-order valence-corrected chi connectivity index (χ4v) is 4.66. The Hall–Kier alpha value is -2.54. The molecule has 2 N–H and O–H groups in total. The van der Waals surface area contributed by atoms with Crippen LogP contribution in [0.4, 0.5) is 4.39 Å². The van der Waals surface area contributed by atoms with Crippen LogP contribution in [-0.2, 0) is 6.42 Å². The second-order valence-electron chi connectivity index (χ2n) is 8.73. The number of nitrogens with zero attached hydrogens (tertiary/aromatic N) is 3. The molecular weight excluding hydrogens is 429 g/mol. The van der Waals surface area contributed by atoms with E-state index in [4.69, 9.17) is 16.6 Å². The number of aliphatic imine (C=N–C) groups is 1. The van der Waals surface area contributed by atoms with E-state index in [1.165, 1.54) is 25.0 Å². The first-order chi connectivity index (χ1) is 15.6. The number of carbonyl (C=O) groups excluding carboxylic acids is 1. The molecule has 2 aliphatic carbocycles. The Labute approximate surface area is 193 Å². The maximum absolute atomic E-state index is 13.8. The molecule has 0 unspecified atom stereocenters. The van der Waals surface area contributed by atoms with Crippen molar-refractivity contribution in [3.05, 3.63) is 58.9 Å². The van der Waals surface area contributed by atoms with Gasteiger partial charge in [0, 0.05) is 30.4 Å². The minimum Gasteiger partial charge on any atom is -0.353 e. The Balaban J connectivity index is 1.39. The van der Waals surface area contributed by atoms with E-state index >= 15 is 0 Å². The summed E-state index contributed by atoms with van der Waals surface area (Å²) in [6, 6.07) is 6.36. The molecule has 1 aromatic carbocycles. The van der Waals surface area contributed by atoms with Crippen LogP contribution in [-0.4, -0.2) is 33.9 Å². The number of hydrogen-bond acceptors (Lipinski definition) is 4. The Morgan fingerprint density at radius 3 is 2.50 bits per heavy atom. The van der Waals surface area contributed by atoms with E-state index in [1.807, 2.05) is 6.07 Å². The van der Waals surface area contributed by atoms with Gasteiger partial charge in [0.25, 0.3) is 5.91 Å². The second-order valence-corrected chi connectivity index (χ2v) is 9.14. The molecule has 0 spiro atoms. The van der Waals surface area contributed by atoms with Gasteiger partial charge in [-0.1, -0.05) is 24.4 Å². The molecule has 2 aromatic rings. The molecule has 0 radical (unpaired) electrons. The van der Waals surface area contributed by atoms with Crippen molar-refractivity contribution in [3.8, 4) is 0 Å². The molecule has 0 bridgehead atoms. The molecule has 2 aliphatic rings. The Morgan fingerprint density at radius 2 is 1.81 bits per heavy atom. The summed E-state index contributed by atoms with van der Waals surface area (Å²) in [5.41, 5.74) is 0.222. The summed E-state index contributed by atoms with van der Waals surface area (Å²) in [7, 11) is 0. The predicted octanol–water partition coefficient (Wildman–Crippen LogP) is 4.69. The van der Waals surface area contributed by atoms with E-state index in [1.54, 1.807) is 12.4 Å². The van der Waals surface area contributed by atoms with Crippen molar-refractivity contribution in [1.29, 1.82) is 0 Å². The molecule has 2 saturated carbocycles. The van der Waals surface area contributed by atoms with Crippen molar-refractivity contribution in [3.63, 3.8) is 0 Å². The summed E-state index contributed by atoms with van der Waals surface area (Å²) in [6.45, 7) is 0. The van der Waals surface area contributed by atoms with Crippen LogP contribution in [0.2, 0.25) is 5.02 Å². The van der Waals surface area contributed by atoms with Crippen molar-refractivity contribution in [2.75, 3.05) is 0 Å². The number of benzene rings is 1. The van der Waals surface area contributed by atoms with E-state index in [0.717, 1.165) is 56.8 Å². The third-order valence-corrected chi connectivity index (χ3v) is 6.63. The van der Waals surface area contributed by atoms with Crippen molar-refractivity contribution < 1.29 is 9.18 Å². The largest absolute Gasteiger partial charge is 0.353 e. The van der Waals surface area contributed by atoms with Crippen molar-refractivity contribution >= 4 is 23.5 Å². The number of hydrogen-bond donors (Lipinski definition) is 2. The van der Waals surface area contributed by atoms with E-state index in [2.05, 4.69) is 20.6 Å². The van der Waals surface area contributed by atoms with Crippen LogP contribution >= 0.6 is 11.6 Å². The van der Waals surface area contributed by atoms with Crippen LogP contribution in [0.25, 0.3) is 0 Å². The monoisotopic (exact) mass is 457 g/mol. The molecular formula is C24H29ClFN5O. The molecule has 4 rings (SSSR count). The van der Waals surface area contributed by atoms with Gasteiger partial charge in [-0.15, -0.1) is 0 Å². The highest BCUT2D eigenvalue weighted by Crippen LogP contribution is 2.28. The van der Waals surface area contributed by atoms with Crippen molar-refractivity contribution in [1.82, 2.24) is 20.6 Å². The zero-order chi connectivity index (χ0) is 22.3. The molecule has 32 heavy (non-hydrogen) atoms. The van der Waals surface area contributed by atoms with Crippen LogP contribution in [0.1, 0.15) is 67.5 Å². The van der Waals surface area contributed by atoms with Gasteiger partial charge in [0.1, 0.15) is 11.6 Å². The number of rotatable bonds is 5. The van der Waals surface area contributed by atoms with Gasteiger partial charge in [-0.25, -0.2) is 19.4 Å². The van der Waals surface area contributed by atoms with E-state index in [9.17, 15) is 9.18 Å². The predicted molar refractivity (Wildman–Crippen MR) is 123 cm³/mol. The Bertz CT molecular complexity index is 941. The first-order valence-corrected chi connectivity index (χ1v) is 11.8. The highest BCUT2D eigenvalue weighted by atomic mass is 35.5. The molecule has 0 atom stereocenters. The van der Waals surface area contributed by atoms with E-state index in [0.29, 0.717) is 17.9 Å². The van der Waals surface area contributed by atoms with Gasteiger partial charge in [-0.2, -0.15) is 0 Å². The van der Waals surface area contributed by atoms with Crippen LogP contribution < -0.4 is 10.6 Å². The molecule has 0 aliphatic heterocycles. The fraction of sp³-hybridized carbons (Fsp3) is 0.500. The van der Waals surface area contributed by atoms with Gasteiger partial charge < -0.3 is 5.32 Å². The summed E-state index contributed by atoms with van der Waals surface area (Å²) in [5, 5.41) is 6.29. The standard InChI is InChI=1S/C24H29ClFN5O/c25-20-11-8-17(15-21(20)26)23(32)31-24(29-18-4-1-2-5-18)30-19-9-6-16(7-10-19)14-22-27-12-3-13-28-22/h3,8,11-13,15-16,18-19H,1-2,4-7,9-10,14H2,(H2,29,30,31,32). The van der Waals surface area contributed by atoms with Crippen LogP contribution in [0, 0.1) is 11.7 Å². The SMILES string of the molecule is O=C(NC(=NC1CCC(Cc2ncccn2)CC1)NC1CCCC1)c1ccc(Cl)c(F)c1. The van der Waals surface area contributed by atoms with E-state index in [-0.39, 0.29) is 22.5 Å². The van der Waals surface area contributed by atoms with Gasteiger partial charge in [-0.3, -0.25) is 10.1 Å². The molecule has 2 fully saturated rings. The molecule has 1 amide bonds. The number of carbonyl (C=O) groups is 1. The quantitative estimate of drug-likeness (QED) is 0.504. The normalized spacial score (nSPS) is 22.0. The van der Waals surface area contributed by atoms with E-state index < -0.39 is 5.82 Å². The zero-order valence-corrected chi connectivity index (χ0v) is 18.8. The lowest BCUT2D eigenvalue weighted by Gasteiger charge is -2.27. The summed E-state index contributed by atoms with van der Waals surface area (Å²) in [4.78, 5) is 26.3. The molecule has 1 heterocycles. The summed E-state index contributed by atoms with van der Waals surface area (Å²) >= 11 is 5.75. The zero-order valence-electron chi connectivity index (χ0n) is 18.1. The first-order valence-electron chi connectivity index (χ1n) is 11.4. The maximum Gasteiger partial charge on any atom is 0.258 e. The molecule has 6 nitrogen and oxygen atoms in total. The minimum absolute atomic E-state index is 0.00261. The minimum atomic E-state index is -0.609. The maximum atomic E-state index is 13.8. The second kappa shape index (κ2) is 10.9. The molecule has 1 aromatic heterocycles. The molecule has 0 saturated heterocycles. The van der Waals surface area contributed by atoms with Gasteiger partial charge in [0.2, 0.25) is 0 Å². The van der Waals surface area contributed by atoms with Crippen LogP contribution in [0.3, 0.4) is 0 Å². The van der Waals surface area contributed by atoms with Gasteiger partial charge in [-0.05, 0) is 68.7 Å². The number of halogens is 2. The first kappa shape index (κ1) is 22.6. The lowest BCUT2D eigenvalue weighted by molar-refractivity contribution is 0.0975. The van der Waals surface area contributed by atoms with Crippen molar-refractivity contribution in [2.45, 2.75) is 69.9 Å². The van der Waals surface area contributed by atoms with Crippen LogP contribution in [0.15, 0.2) is 41.7 Å². The number of amides is 1.